The van der Waals surface area contributed by atoms with Crippen molar-refractivity contribution in [1.29, 1.82) is 0 Å². The highest BCUT2D eigenvalue weighted by Crippen LogP contribution is 2.29. The highest BCUT2D eigenvalue weighted by Gasteiger charge is 2.22. The maximum absolute atomic E-state index is 15.1. The summed E-state index contributed by atoms with van der Waals surface area (Å²) in [5, 5.41) is 3.97. The van der Waals surface area contributed by atoms with Gasteiger partial charge in [-0.15, -0.1) is 0 Å². The van der Waals surface area contributed by atoms with E-state index in [-0.39, 0.29) is 39.7 Å². The van der Waals surface area contributed by atoms with Gasteiger partial charge in [-0.2, -0.15) is 5.10 Å². The lowest BCUT2D eigenvalue weighted by Crippen LogP contribution is -2.24. The number of rotatable bonds is 4. The Bertz CT molecular complexity index is 1090. The molecule has 0 saturated carbocycles. The fourth-order valence-electron chi connectivity index (χ4n) is 2.48. The largest absolute Gasteiger partial charge is 0.398 e. The summed E-state index contributed by atoms with van der Waals surface area (Å²) in [6.07, 6.45) is 3.83. The quantitative estimate of drug-likeness (QED) is 0.550. The summed E-state index contributed by atoms with van der Waals surface area (Å²) in [5.74, 6) is -2.02. The minimum Gasteiger partial charge on any atom is -0.398 e. The molecule has 0 aliphatic carbocycles. The normalized spacial score (nSPS) is 10.7. The number of carbonyl (C=O) groups is 2. The Morgan fingerprint density at radius 1 is 1.18 bits per heavy atom. The van der Waals surface area contributed by atoms with Crippen molar-refractivity contribution < 1.29 is 14.0 Å². The number of nitrogens with zero attached hydrogens (tertiary/aromatic N) is 5. The molecular weight excluding hydrogens is 367 g/mol. The topological polar surface area (TPSA) is 159 Å². The van der Waals surface area contributed by atoms with Crippen LogP contribution in [0.5, 0.6) is 0 Å². The van der Waals surface area contributed by atoms with E-state index in [2.05, 4.69) is 15.1 Å². The lowest BCUT2D eigenvalue weighted by molar-refractivity contribution is 0.0824. The Morgan fingerprint density at radius 2 is 1.89 bits per heavy atom. The van der Waals surface area contributed by atoms with E-state index in [9.17, 15) is 9.59 Å². The second-order valence-electron chi connectivity index (χ2n) is 6.09. The van der Waals surface area contributed by atoms with Gasteiger partial charge in [0.2, 0.25) is 0 Å². The summed E-state index contributed by atoms with van der Waals surface area (Å²) < 4.78 is 16.3. The van der Waals surface area contributed by atoms with Crippen molar-refractivity contribution in [3.63, 3.8) is 0 Å². The predicted molar refractivity (Wildman–Crippen MR) is 99.9 cm³/mol. The molecule has 0 saturated heterocycles. The molecule has 0 radical (unpaired) electrons. The van der Waals surface area contributed by atoms with Gasteiger partial charge in [0.05, 0.1) is 29.2 Å². The number of amides is 2. The molecule has 10 nitrogen and oxygen atoms in total. The molecule has 11 heteroatoms. The number of nitrogens with two attached hydrogens (primary N) is 3. The first-order valence-corrected chi connectivity index (χ1v) is 7.98. The van der Waals surface area contributed by atoms with Crippen LogP contribution in [0, 0.1) is 5.82 Å². The van der Waals surface area contributed by atoms with Crippen molar-refractivity contribution in [2.75, 3.05) is 25.6 Å². The van der Waals surface area contributed by atoms with Gasteiger partial charge in [-0.25, -0.2) is 19.0 Å². The SMILES string of the molecule is CN(C)C(=O)c1c(N)ccc(-c2cnc(N)c(-n3cc(C(N)=O)cn3)n2)c1F. The van der Waals surface area contributed by atoms with Gasteiger partial charge in [0.25, 0.3) is 11.8 Å². The molecule has 2 heterocycles. The molecule has 0 aliphatic heterocycles. The van der Waals surface area contributed by atoms with Crippen LogP contribution in [0.4, 0.5) is 15.9 Å². The molecule has 144 valence electrons. The zero-order chi connectivity index (χ0) is 20.6. The van der Waals surface area contributed by atoms with Gasteiger partial charge in [-0.1, -0.05) is 0 Å². The number of primary amides is 1. The molecule has 0 spiro atoms. The number of carbonyl (C=O) groups excluding carboxylic acids is 2. The van der Waals surface area contributed by atoms with Crippen LogP contribution in [0.1, 0.15) is 20.7 Å². The van der Waals surface area contributed by atoms with Crippen LogP contribution >= 0.6 is 0 Å². The van der Waals surface area contributed by atoms with Crippen molar-refractivity contribution in [3.05, 3.63) is 47.7 Å². The lowest BCUT2D eigenvalue weighted by atomic mass is 10.0. The van der Waals surface area contributed by atoms with E-state index in [0.717, 1.165) is 0 Å². The number of anilines is 2. The Balaban J connectivity index is 2.14. The Labute approximate surface area is 158 Å². The summed E-state index contributed by atoms with van der Waals surface area (Å²) in [4.78, 5) is 33.0. The van der Waals surface area contributed by atoms with Crippen LogP contribution in [0.25, 0.3) is 17.1 Å². The molecule has 0 aliphatic rings. The summed E-state index contributed by atoms with van der Waals surface area (Å²) in [5.41, 5.74) is 16.8. The molecular formula is C17H17FN8O2. The summed E-state index contributed by atoms with van der Waals surface area (Å²) in [6, 6.07) is 2.80. The van der Waals surface area contributed by atoms with Crippen LogP contribution in [-0.2, 0) is 0 Å². The Kier molecular flexibility index (Phi) is 4.65. The molecule has 3 rings (SSSR count). The fraction of sp³-hybridized carbons (Fsp3) is 0.118. The fourth-order valence-corrected chi connectivity index (χ4v) is 2.48. The zero-order valence-corrected chi connectivity index (χ0v) is 15.0. The van der Waals surface area contributed by atoms with E-state index in [4.69, 9.17) is 17.2 Å². The predicted octanol–water partition coefficient (Wildman–Crippen LogP) is 0.433. The molecule has 0 unspecified atom stereocenters. The van der Waals surface area contributed by atoms with Gasteiger partial charge in [0, 0.05) is 31.5 Å². The van der Waals surface area contributed by atoms with Crippen LogP contribution in [-0.4, -0.2) is 50.6 Å². The van der Waals surface area contributed by atoms with Crippen LogP contribution < -0.4 is 17.2 Å². The van der Waals surface area contributed by atoms with Gasteiger partial charge >= 0.3 is 0 Å². The number of aromatic nitrogens is 4. The molecule has 6 N–H and O–H groups in total. The molecule has 2 aromatic heterocycles. The second kappa shape index (κ2) is 6.95. The zero-order valence-electron chi connectivity index (χ0n) is 15.0. The number of hydrogen-bond donors (Lipinski definition) is 3. The minimum atomic E-state index is -0.831. The standard InChI is InChI=1S/C17H17FN8O2/c1-25(2)17(28)12-10(19)4-3-9(13(12)18)11-6-22-14(20)16(24-11)26-7-8(5-23-26)15(21)27/h3-7H,19H2,1-2H3,(H2,20,22)(H2,21,27). The third kappa shape index (κ3) is 3.20. The van der Waals surface area contributed by atoms with Gasteiger partial charge in [-0.05, 0) is 12.1 Å². The highest BCUT2D eigenvalue weighted by molar-refractivity contribution is 6.00. The van der Waals surface area contributed by atoms with Crippen molar-refractivity contribution in [2.24, 2.45) is 5.73 Å². The average molecular weight is 384 g/mol. The smallest absolute Gasteiger partial charge is 0.258 e. The van der Waals surface area contributed by atoms with Gasteiger partial charge < -0.3 is 22.1 Å². The first-order chi connectivity index (χ1) is 13.2. The summed E-state index contributed by atoms with van der Waals surface area (Å²) >= 11 is 0. The van der Waals surface area contributed by atoms with E-state index in [1.54, 1.807) is 0 Å². The second-order valence-corrected chi connectivity index (χ2v) is 6.09. The van der Waals surface area contributed by atoms with Gasteiger partial charge in [0.1, 0.15) is 5.82 Å². The Morgan fingerprint density at radius 3 is 2.50 bits per heavy atom. The lowest BCUT2D eigenvalue weighted by Gasteiger charge is -2.15. The molecule has 0 bridgehead atoms. The maximum atomic E-state index is 15.1. The van der Waals surface area contributed by atoms with E-state index in [1.807, 2.05) is 0 Å². The van der Waals surface area contributed by atoms with Crippen LogP contribution in [0.15, 0.2) is 30.7 Å². The third-order valence-corrected chi connectivity index (χ3v) is 3.94. The third-order valence-electron chi connectivity index (χ3n) is 3.94. The van der Waals surface area contributed by atoms with E-state index in [1.165, 1.54) is 54.4 Å². The van der Waals surface area contributed by atoms with E-state index < -0.39 is 17.6 Å². The first kappa shape index (κ1) is 18.8. The maximum Gasteiger partial charge on any atom is 0.258 e. The van der Waals surface area contributed by atoms with Crippen molar-refractivity contribution in [2.45, 2.75) is 0 Å². The van der Waals surface area contributed by atoms with Gasteiger partial charge in [-0.3, -0.25) is 9.59 Å². The van der Waals surface area contributed by atoms with Crippen LogP contribution in [0.2, 0.25) is 0 Å². The van der Waals surface area contributed by atoms with Crippen molar-refractivity contribution in [1.82, 2.24) is 24.6 Å². The Hall–Kier alpha value is -4.02. The molecule has 2 amide bonds. The molecule has 0 fully saturated rings. The van der Waals surface area contributed by atoms with E-state index >= 15 is 4.39 Å². The summed E-state index contributed by atoms with van der Waals surface area (Å²) in [7, 11) is 2.98. The number of halogens is 1. The highest BCUT2D eigenvalue weighted by atomic mass is 19.1. The van der Waals surface area contributed by atoms with Crippen LogP contribution in [0.3, 0.4) is 0 Å². The first-order valence-electron chi connectivity index (χ1n) is 7.98. The molecule has 0 atom stereocenters. The van der Waals surface area contributed by atoms with E-state index in [0.29, 0.717) is 0 Å². The monoisotopic (exact) mass is 384 g/mol. The van der Waals surface area contributed by atoms with Gasteiger partial charge in [0.15, 0.2) is 11.6 Å². The minimum absolute atomic E-state index is 0.00162. The number of hydrogen-bond acceptors (Lipinski definition) is 7. The summed E-state index contributed by atoms with van der Waals surface area (Å²) in [6.45, 7) is 0. The number of nitrogen functional groups attached to an aromatic ring is 2. The molecule has 3 aromatic rings. The molecule has 28 heavy (non-hydrogen) atoms. The van der Waals surface area contributed by atoms with Crippen molar-refractivity contribution in [3.8, 4) is 17.1 Å². The molecule has 1 aromatic carbocycles. The van der Waals surface area contributed by atoms with Crippen molar-refractivity contribution >= 4 is 23.3 Å². The average Bonchev–Trinajstić information content (AvgIpc) is 3.12. The number of benzene rings is 1.